The number of benzene rings is 2. The molecule has 2 aromatic carbocycles. The van der Waals surface area contributed by atoms with E-state index in [4.69, 9.17) is 12.6 Å². The molecule has 0 bridgehead atoms. The second kappa shape index (κ2) is 6.64. The first-order chi connectivity index (χ1) is 11.3. The van der Waals surface area contributed by atoms with Gasteiger partial charge in [-0.3, -0.25) is 0 Å². The van der Waals surface area contributed by atoms with Crippen LogP contribution in [0.4, 0.5) is 0 Å². The summed E-state index contributed by atoms with van der Waals surface area (Å²) in [7, 11) is 0. The molecule has 0 aromatic heterocycles. The zero-order valence-electron chi connectivity index (χ0n) is 16.8. The van der Waals surface area contributed by atoms with Crippen molar-refractivity contribution < 1.29 is 5.11 Å². The standard InChI is InChI=1S/C23H32OS/c1-14-9-16(20(24)18(11-14)22(3,4)5)13-17-10-15(2)12-19(21(17)25)23(6,7)8/h9-12,24-25H,13H2,1-8H3/p-2. The molecule has 2 rings (SSSR count). The molecule has 0 saturated heterocycles. The van der Waals surface area contributed by atoms with Crippen molar-refractivity contribution in [3.8, 4) is 5.75 Å². The van der Waals surface area contributed by atoms with E-state index >= 15 is 0 Å². The summed E-state index contributed by atoms with van der Waals surface area (Å²) in [5.74, 6) is 0.159. The van der Waals surface area contributed by atoms with Gasteiger partial charge in [0, 0.05) is 0 Å². The fraction of sp³-hybridized carbons (Fsp3) is 0.478. The second-order valence-electron chi connectivity index (χ2n) is 9.28. The minimum Gasteiger partial charge on any atom is -0.872 e. The van der Waals surface area contributed by atoms with Crippen LogP contribution in [0.3, 0.4) is 0 Å². The van der Waals surface area contributed by atoms with E-state index in [0.717, 1.165) is 27.1 Å². The van der Waals surface area contributed by atoms with Crippen LogP contribution >= 0.6 is 0 Å². The van der Waals surface area contributed by atoms with Gasteiger partial charge in [-0.05, 0) is 36.7 Å². The van der Waals surface area contributed by atoms with Crippen LogP contribution in [0.15, 0.2) is 29.2 Å². The zero-order valence-corrected chi connectivity index (χ0v) is 17.6. The Balaban J connectivity index is 2.58. The summed E-state index contributed by atoms with van der Waals surface area (Å²) in [5, 5.41) is 13.0. The Hall–Kier alpha value is -1.54. The number of hydrogen-bond acceptors (Lipinski definition) is 2. The maximum absolute atomic E-state index is 13.0. The van der Waals surface area contributed by atoms with Crippen LogP contribution in [-0.2, 0) is 29.9 Å². The Morgan fingerprint density at radius 3 is 1.68 bits per heavy atom. The van der Waals surface area contributed by atoms with Gasteiger partial charge < -0.3 is 17.7 Å². The molecular formula is C23H30OS-2. The first kappa shape index (κ1) is 19.8. The highest BCUT2D eigenvalue weighted by atomic mass is 32.1. The summed E-state index contributed by atoms with van der Waals surface area (Å²) >= 11 is 5.78. The molecule has 0 aliphatic rings. The predicted molar refractivity (Wildman–Crippen MR) is 108 cm³/mol. The molecule has 0 aliphatic carbocycles. The smallest absolute Gasteiger partial charge is 0.00463 e. The van der Waals surface area contributed by atoms with Gasteiger partial charge in [0.1, 0.15) is 0 Å². The Morgan fingerprint density at radius 1 is 0.760 bits per heavy atom. The minimum absolute atomic E-state index is 0.00131. The fourth-order valence-electron chi connectivity index (χ4n) is 3.28. The Morgan fingerprint density at radius 2 is 1.20 bits per heavy atom. The maximum Gasteiger partial charge on any atom is -0.00463 e. The lowest BCUT2D eigenvalue weighted by atomic mass is 9.82. The van der Waals surface area contributed by atoms with Crippen LogP contribution in [0.1, 0.15) is 74.9 Å². The quantitative estimate of drug-likeness (QED) is 0.668. The van der Waals surface area contributed by atoms with Crippen molar-refractivity contribution in [3.63, 3.8) is 0 Å². The Kier molecular flexibility index (Phi) is 5.26. The van der Waals surface area contributed by atoms with Gasteiger partial charge in [-0.15, -0.1) is 5.75 Å². The summed E-state index contributed by atoms with van der Waals surface area (Å²) in [4.78, 5) is 0.899. The van der Waals surface area contributed by atoms with E-state index in [0.29, 0.717) is 6.42 Å². The third kappa shape index (κ3) is 4.36. The van der Waals surface area contributed by atoms with Crippen LogP contribution in [0.5, 0.6) is 5.75 Å². The lowest BCUT2D eigenvalue weighted by Crippen LogP contribution is -2.17. The third-order valence-electron chi connectivity index (χ3n) is 4.62. The van der Waals surface area contributed by atoms with Crippen LogP contribution in [0.2, 0.25) is 0 Å². The van der Waals surface area contributed by atoms with E-state index in [9.17, 15) is 5.11 Å². The van der Waals surface area contributed by atoms with Gasteiger partial charge in [-0.2, -0.15) is 4.90 Å². The Labute approximate surface area is 158 Å². The number of aryl methyl sites for hydroxylation is 2. The molecule has 0 heterocycles. The molecule has 0 atom stereocenters. The van der Waals surface area contributed by atoms with Crippen molar-refractivity contribution in [2.75, 3.05) is 0 Å². The molecule has 1 nitrogen and oxygen atoms in total. The van der Waals surface area contributed by atoms with Gasteiger partial charge in [0.15, 0.2) is 0 Å². The molecule has 25 heavy (non-hydrogen) atoms. The van der Waals surface area contributed by atoms with Crippen molar-refractivity contribution in [2.24, 2.45) is 0 Å². The van der Waals surface area contributed by atoms with E-state index in [1.165, 1.54) is 11.1 Å². The highest BCUT2D eigenvalue weighted by Crippen LogP contribution is 2.35. The molecule has 0 saturated carbocycles. The number of rotatable bonds is 2. The first-order valence-electron chi connectivity index (χ1n) is 8.92. The van der Waals surface area contributed by atoms with E-state index in [2.05, 4.69) is 67.5 Å². The van der Waals surface area contributed by atoms with Crippen LogP contribution in [0.25, 0.3) is 0 Å². The molecule has 0 spiro atoms. The van der Waals surface area contributed by atoms with E-state index < -0.39 is 0 Å². The molecule has 0 fully saturated rings. The summed E-state index contributed by atoms with van der Waals surface area (Å²) in [6.07, 6.45) is 0.604. The van der Waals surface area contributed by atoms with Crippen molar-refractivity contribution >= 4 is 12.6 Å². The molecule has 0 aliphatic heterocycles. The average molecular weight is 355 g/mol. The van der Waals surface area contributed by atoms with E-state index in [1.807, 2.05) is 12.1 Å². The molecule has 2 heteroatoms. The van der Waals surface area contributed by atoms with E-state index in [1.54, 1.807) is 0 Å². The molecule has 0 unspecified atom stereocenters. The number of hydrogen-bond donors (Lipinski definition) is 0. The highest BCUT2D eigenvalue weighted by Gasteiger charge is 2.18. The second-order valence-corrected chi connectivity index (χ2v) is 9.69. The molecule has 0 radical (unpaired) electrons. The van der Waals surface area contributed by atoms with Gasteiger partial charge in [-0.25, -0.2) is 0 Å². The van der Waals surface area contributed by atoms with Gasteiger partial charge in [-0.1, -0.05) is 93.6 Å². The SMILES string of the molecule is Cc1cc(Cc2cc(C)cc(C(C)(C)C)c2[S-])c([O-])c(C(C)(C)C)c1. The molecule has 0 amide bonds. The molecule has 0 N–H and O–H groups in total. The Bertz CT molecular complexity index is 722. The normalized spacial score (nSPS) is 12.5. The monoisotopic (exact) mass is 354 g/mol. The van der Waals surface area contributed by atoms with Gasteiger partial charge in [0.2, 0.25) is 0 Å². The molecular weight excluding hydrogens is 324 g/mol. The third-order valence-corrected chi connectivity index (χ3v) is 5.10. The van der Waals surface area contributed by atoms with Crippen molar-refractivity contribution in [2.45, 2.75) is 77.5 Å². The zero-order chi connectivity index (χ0) is 19.2. The maximum atomic E-state index is 13.0. The van der Waals surface area contributed by atoms with Gasteiger partial charge >= 0.3 is 0 Å². The van der Waals surface area contributed by atoms with Crippen molar-refractivity contribution in [1.29, 1.82) is 0 Å². The fourth-order valence-corrected chi connectivity index (χ4v) is 3.77. The topological polar surface area (TPSA) is 23.1 Å². The minimum atomic E-state index is -0.155. The van der Waals surface area contributed by atoms with Gasteiger partial charge in [0.25, 0.3) is 0 Å². The summed E-state index contributed by atoms with van der Waals surface area (Å²) in [5.41, 5.74) is 6.19. The van der Waals surface area contributed by atoms with E-state index in [-0.39, 0.29) is 16.6 Å². The van der Waals surface area contributed by atoms with Crippen LogP contribution in [0, 0.1) is 13.8 Å². The average Bonchev–Trinajstić information content (AvgIpc) is 2.43. The molecule has 2 aromatic rings. The van der Waals surface area contributed by atoms with Crippen molar-refractivity contribution in [1.82, 2.24) is 0 Å². The molecule has 136 valence electrons. The first-order valence-corrected chi connectivity index (χ1v) is 9.33. The predicted octanol–water partition coefficient (Wildman–Crippen LogP) is 5.47. The van der Waals surface area contributed by atoms with Crippen LogP contribution in [-0.4, -0.2) is 0 Å². The van der Waals surface area contributed by atoms with Crippen molar-refractivity contribution in [3.05, 3.63) is 57.6 Å². The lowest BCUT2D eigenvalue weighted by Gasteiger charge is -2.32. The summed E-state index contributed by atoms with van der Waals surface area (Å²) < 4.78 is 0. The summed E-state index contributed by atoms with van der Waals surface area (Å²) in [6, 6.07) is 8.36. The summed E-state index contributed by atoms with van der Waals surface area (Å²) in [6.45, 7) is 17.0. The highest BCUT2D eigenvalue weighted by molar-refractivity contribution is 7.59. The van der Waals surface area contributed by atoms with Crippen LogP contribution < -0.4 is 5.11 Å². The largest absolute Gasteiger partial charge is 0.872 e. The van der Waals surface area contributed by atoms with Gasteiger partial charge in [0.05, 0.1) is 0 Å². The lowest BCUT2D eigenvalue weighted by molar-refractivity contribution is -0.271.